The number of nitrogens with zero attached hydrogens (tertiary/aromatic N) is 2. The number of fused-ring (bicyclic) bond motifs is 3. The standard InChI is InChI=1S/C19H17N3OS/c1-12(14-8-4-3-5-9-14)20-18(23)17-13(2)22-16-11-7-6-10-15(16)21-19(22)24-17/h3-12H,1-2H3,(H,20,23)/t12-/m1/s1. The van der Waals surface area contributed by atoms with Gasteiger partial charge in [0.2, 0.25) is 0 Å². The van der Waals surface area contributed by atoms with Gasteiger partial charge in [0.25, 0.3) is 5.91 Å². The minimum atomic E-state index is -0.0524. The predicted molar refractivity (Wildman–Crippen MR) is 97.6 cm³/mol. The van der Waals surface area contributed by atoms with Gasteiger partial charge in [-0.05, 0) is 31.5 Å². The molecule has 2 aromatic carbocycles. The molecule has 0 aliphatic carbocycles. The average Bonchev–Trinajstić information content (AvgIpc) is 3.12. The number of amides is 1. The molecule has 1 amide bonds. The molecular formula is C19H17N3OS. The summed E-state index contributed by atoms with van der Waals surface area (Å²) in [5.41, 5.74) is 4.02. The number of benzene rings is 2. The molecule has 0 radical (unpaired) electrons. The first kappa shape index (κ1) is 14.9. The van der Waals surface area contributed by atoms with E-state index in [1.165, 1.54) is 11.3 Å². The summed E-state index contributed by atoms with van der Waals surface area (Å²) in [5, 5.41) is 3.08. The van der Waals surface area contributed by atoms with Crippen molar-refractivity contribution in [3.63, 3.8) is 0 Å². The van der Waals surface area contributed by atoms with Crippen molar-refractivity contribution in [3.8, 4) is 0 Å². The molecule has 0 saturated carbocycles. The van der Waals surface area contributed by atoms with E-state index in [0.717, 1.165) is 27.3 Å². The van der Waals surface area contributed by atoms with Crippen LogP contribution < -0.4 is 5.32 Å². The molecule has 2 heterocycles. The van der Waals surface area contributed by atoms with Crippen molar-refractivity contribution in [1.82, 2.24) is 14.7 Å². The van der Waals surface area contributed by atoms with Gasteiger partial charge in [-0.15, -0.1) is 0 Å². The van der Waals surface area contributed by atoms with Crippen LogP contribution in [0.2, 0.25) is 0 Å². The number of nitrogens with one attached hydrogen (secondary N) is 1. The number of rotatable bonds is 3. The molecule has 24 heavy (non-hydrogen) atoms. The first-order valence-corrected chi connectivity index (χ1v) is 8.69. The Labute approximate surface area is 143 Å². The summed E-state index contributed by atoms with van der Waals surface area (Å²) in [6, 6.07) is 17.9. The lowest BCUT2D eigenvalue weighted by Crippen LogP contribution is -2.26. The van der Waals surface area contributed by atoms with E-state index in [1.807, 2.05) is 68.4 Å². The van der Waals surface area contributed by atoms with Gasteiger partial charge >= 0.3 is 0 Å². The van der Waals surface area contributed by atoms with Crippen LogP contribution in [0.25, 0.3) is 16.0 Å². The summed E-state index contributed by atoms with van der Waals surface area (Å²) in [7, 11) is 0. The summed E-state index contributed by atoms with van der Waals surface area (Å²) in [6.45, 7) is 3.97. The fraction of sp³-hybridized carbons (Fsp3) is 0.158. The van der Waals surface area contributed by atoms with Gasteiger partial charge in [-0.2, -0.15) is 0 Å². The van der Waals surface area contributed by atoms with E-state index in [1.54, 1.807) is 0 Å². The van der Waals surface area contributed by atoms with Crippen molar-refractivity contribution in [3.05, 3.63) is 70.7 Å². The Morgan fingerprint density at radius 3 is 2.62 bits per heavy atom. The second-order valence-electron chi connectivity index (χ2n) is 5.84. The van der Waals surface area contributed by atoms with Crippen LogP contribution in [-0.4, -0.2) is 15.3 Å². The minimum absolute atomic E-state index is 0.0377. The largest absolute Gasteiger partial charge is 0.345 e. The van der Waals surface area contributed by atoms with Crippen LogP contribution in [0.3, 0.4) is 0 Å². The third kappa shape index (κ3) is 2.37. The molecule has 0 bridgehead atoms. The summed E-state index contributed by atoms with van der Waals surface area (Å²) in [5.74, 6) is -0.0524. The van der Waals surface area contributed by atoms with E-state index < -0.39 is 0 Å². The van der Waals surface area contributed by atoms with Crippen LogP contribution in [0, 0.1) is 6.92 Å². The lowest BCUT2D eigenvalue weighted by atomic mass is 10.1. The van der Waals surface area contributed by atoms with Gasteiger partial charge in [-0.25, -0.2) is 4.98 Å². The highest BCUT2D eigenvalue weighted by atomic mass is 32.1. The van der Waals surface area contributed by atoms with E-state index in [0.29, 0.717) is 4.88 Å². The Morgan fingerprint density at radius 1 is 1.12 bits per heavy atom. The lowest BCUT2D eigenvalue weighted by molar-refractivity contribution is 0.0943. The number of carbonyl (C=O) groups is 1. The third-order valence-corrected chi connectivity index (χ3v) is 5.38. The molecule has 0 fully saturated rings. The summed E-state index contributed by atoms with van der Waals surface area (Å²) in [6.07, 6.45) is 0. The fourth-order valence-electron chi connectivity index (χ4n) is 2.96. The highest BCUT2D eigenvalue weighted by Crippen LogP contribution is 2.28. The summed E-state index contributed by atoms with van der Waals surface area (Å²) in [4.78, 5) is 18.9. The topological polar surface area (TPSA) is 46.4 Å². The molecule has 0 unspecified atom stereocenters. The SMILES string of the molecule is Cc1c(C(=O)N[C@H](C)c2ccccc2)sc2nc3ccccc3n12. The van der Waals surface area contributed by atoms with Gasteiger partial charge in [0.1, 0.15) is 4.88 Å². The van der Waals surface area contributed by atoms with Gasteiger partial charge in [-0.3, -0.25) is 9.20 Å². The summed E-state index contributed by atoms with van der Waals surface area (Å²) < 4.78 is 2.06. The van der Waals surface area contributed by atoms with E-state index in [-0.39, 0.29) is 11.9 Å². The Kier molecular flexibility index (Phi) is 3.58. The quantitative estimate of drug-likeness (QED) is 0.605. The molecule has 0 aliphatic rings. The van der Waals surface area contributed by atoms with Gasteiger partial charge in [-0.1, -0.05) is 53.8 Å². The molecule has 120 valence electrons. The van der Waals surface area contributed by atoms with Crippen LogP contribution in [0.4, 0.5) is 0 Å². The molecule has 5 heteroatoms. The fourth-order valence-corrected chi connectivity index (χ4v) is 4.00. The van der Waals surface area contributed by atoms with E-state index in [9.17, 15) is 4.79 Å². The van der Waals surface area contributed by atoms with Gasteiger partial charge in [0.15, 0.2) is 4.96 Å². The second kappa shape index (κ2) is 5.76. The Bertz CT molecular complexity index is 1030. The molecule has 0 spiro atoms. The van der Waals surface area contributed by atoms with E-state index in [4.69, 9.17) is 0 Å². The number of hydrogen-bond donors (Lipinski definition) is 1. The highest BCUT2D eigenvalue weighted by Gasteiger charge is 2.20. The Hall–Kier alpha value is -2.66. The highest BCUT2D eigenvalue weighted by molar-refractivity contribution is 7.19. The van der Waals surface area contributed by atoms with Crippen molar-refractivity contribution in [1.29, 1.82) is 0 Å². The van der Waals surface area contributed by atoms with Crippen molar-refractivity contribution in [2.75, 3.05) is 0 Å². The predicted octanol–water partition coefficient (Wildman–Crippen LogP) is 4.35. The van der Waals surface area contributed by atoms with Gasteiger partial charge < -0.3 is 5.32 Å². The van der Waals surface area contributed by atoms with Gasteiger partial charge in [0.05, 0.1) is 17.1 Å². The molecule has 2 aromatic heterocycles. The van der Waals surface area contributed by atoms with Crippen molar-refractivity contribution < 1.29 is 4.79 Å². The maximum absolute atomic E-state index is 12.7. The summed E-state index contributed by atoms with van der Waals surface area (Å²) >= 11 is 1.43. The number of aryl methyl sites for hydroxylation is 1. The first-order chi connectivity index (χ1) is 11.6. The smallest absolute Gasteiger partial charge is 0.263 e. The average molecular weight is 335 g/mol. The zero-order chi connectivity index (χ0) is 16.7. The third-order valence-electron chi connectivity index (χ3n) is 4.24. The molecule has 4 rings (SSSR count). The van der Waals surface area contributed by atoms with E-state index in [2.05, 4.69) is 14.7 Å². The van der Waals surface area contributed by atoms with Crippen LogP contribution in [0.15, 0.2) is 54.6 Å². The number of carbonyl (C=O) groups excluding carboxylic acids is 1. The maximum Gasteiger partial charge on any atom is 0.263 e. The van der Waals surface area contributed by atoms with Crippen LogP contribution in [0.5, 0.6) is 0 Å². The number of hydrogen-bond acceptors (Lipinski definition) is 3. The number of imidazole rings is 1. The van der Waals surface area contributed by atoms with Crippen LogP contribution in [0.1, 0.15) is 33.9 Å². The monoisotopic (exact) mass is 335 g/mol. The van der Waals surface area contributed by atoms with Crippen LogP contribution >= 0.6 is 11.3 Å². The molecule has 1 atom stereocenters. The molecule has 1 N–H and O–H groups in total. The first-order valence-electron chi connectivity index (χ1n) is 7.87. The Morgan fingerprint density at radius 2 is 1.83 bits per heavy atom. The number of aromatic nitrogens is 2. The van der Waals surface area contributed by atoms with Crippen LogP contribution in [-0.2, 0) is 0 Å². The molecule has 0 aliphatic heterocycles. The molecule has 4 nitrogen and oxygen atoms in total. The van der Waals surface area contributed by atoms with Crippen molar-refractivity contribution in [2.45, 2.75) is 19.9 Å². The molecule has 4 aromatic rings. The lowest BCUT2D eigenvalue weighted by Gasteiger charge is -2.13. The molecule has 0 saturated heterocycles. The normalized spacial score (nSPS) is 12.6. The van der Waals surface area contributed by atoms with E-state index >= 15 is 0 Å². The number of para-hydroxylation sites is 2. The zero-order valence-electron chi connectivity index (χ0n) is 13.5. The second-order valence-corrected chi connectivity index (χ2v) is 6.82. The Balaban J connectivity index is 1.69. The number of thiazole rings is 1. The van der Waals surface area contributed by atoms with Crippen molar-refractivity contribution >= 4 is 33.2 Å². The molecular weight excluding hydrogens is 318 g/mol. The maximum atomic E-state index is 12.7. The zero-order valence-corrected chi connectivity index (χ0v) is 14.3. The van der Waals surface area contributed by atoms with Gasteiger partial charge in [0, 0.05) is 5.69 Å². The minimum Gasteiger partial charge on any atom is -0.345 e. The van der Waals surface area contributed by atoms with Crippen molar-refractivity contribution in [2.24, 2.45) is 0 Å².